The van der Waals surface area contributed by atoms with Gasteiger partial charge in [0.15, 0.2) is 0 Å². The Morgan fingerprint density at radius 2 is 2.00 bits per heavy atom. The van der Waals surface area contributed by atoms with Crippen LogP contribution in [-0.2, 0) is 12.8 Å². The summed E-state index contributed by atoms with van der Waals surface area (Å²) in [4.78, 5) is 0. The van der Waals surface area contributed by atoms with Crippen LogP contribution in [0.2, 0.25) is 0 Å². The Labute approximate surface area is 130 Å². The summed E-state index contributed by atoms with van der Waals surface area (Å²) in [5.41, 5.74) is 6.23. The van der Waals surface area contributed by atoms with Crippen molar-refractivity contribution in [2.45, 2.75) is 71.3 Å². The normalized spacial score (nSPS) is 20.8. The van der Waals surface area contributed by atoms with E-state index in [1.165, 1.54) is 56.9 Å². The second-order valence-corrected chi connectivity index (χ2v) is 6.70. The van der Waals surface area contributed by atoms with Crippen LogP contribution in [0.25, 0.3) is 0 Å². The van der Waals surface area contributed by atoms with Crippen LogP contribution in [0.4, 0.5) is 0 Å². The molecule has 1 aliphatic carbocycles. The Morgan fingerprint density at radius 1 is 1.24 bits per heavy atom. The summed E-state index contributed by atoms with van der Waals surface area (Å²) >= 11 is 0. The summed E-state index contributed by atoms with van der Waals surface area (Å²) in [6.07, 6.45) is 10.2. The lowest BCUT2D eigenvalue weighted by Gasteiger charge is -2.33. The highest BCUT2D eigenvalue weighted by Gasteiger charge is 2.27. The number of hydrogen-bond acceptors (Lipinski definition) is 2. The fourth-order valence-corrected chi connectivity index (χ4v) is 3.81. The van der Waals surface area contributed by atoms with E-state index < -0.39 is 0 Å². The molecule has 0 aromatic heterocycles. The zero-order valence-corrected chi connectivity index (χ0v) is 13.8. The Morgan fingerprint density at radius 3 is 2.67 bits per heavy atom. The van der Waals surface area contributed by atoms with Gasteiger partial charge in [0.25, 0.3) is 0 Å². The average Bonchev–Trinajstić information content (AvgIpc) is 2.55. The van der Waals surface area contributed by atoms with Crippen molar-refractivity contribution in [3.05, 3.63) is 35.4 Å². The SMILES string of the molecule is CCCCC(CC)CC(NN)C1CCc2ccccc2C1. The molecule has 3 atom stereocenters. The van der Waals surface area contributed by atoms with Crippen molar-refractivity contribution >= 4 is 0 Å². The molecule has 0 saturated heterocycles. The number of nitrogens with one attached hydrogen (secondary N) is 1. The van der Waals surface area contributed by atoms with Gasteiger partial charge in [-0.2, -0.15) is 0 Å². The first-order valence-corrected chi connectivity index (χ1v) is 8.81. The lowest BCUT2D eigenvalue weighted by atomic mass is 9.77. The molecule has 3 unspecified atom stereocenters. The van der Waals surface area contributed by atoms with Gasteiger partial charge in [0.1, 0.15) is 0 Å². The molecule has 0 fully saturated rings. The second-order valence-electron chi connectivity index (χ2n) is 6.70. The molecular formula is C19H32N2. The van der Waals surface area contributed by atoms with Gasteiger partial charge in [-0.1, -0.05) is 63.8 Å². The van der Waals surface area contributed by atoms with Gasteiger partial charge >= 0.3 is 0 Å². The molecule has 3 N–H and O–H groups in total. The summed E-state index contributed by atoms with van der Waals surface area (Å²) < 4.78 is 0. The number of fused-ring (bicyclic) bond motifs is 1. The maximum Gasteiger partial charge on any atom is 0.0244 e. The van der Waals surface area contributed by atoms with Crippen LogP contribution in [0.3, 0.4) is 0 Å². The third-order valence-corrected chi connectivity index (χ3v) is 5.30. The Balaban J connectivity index is 1.95. The molecule has 2 heteroatoms. The van der Waals surface area contributed by atoms with Gasteiger partial charge < -0.3 is 0 Å². The average molecular weight is 288 g/mol. The van der Waals surface area contributed by atoms with Gasteiger partial charge in [-0.15, -0.1) is 0 Å². The standard InChI is InChI=1S/C19H32N2/c1-3-5-8-15(4-2)13-19(21-20)18-12-11-16-9-6-7-10-17(16)14-18/h6-7,9-10,15,18-19,21H,3-5,8,11-14,20H2,1-2H3. The zero-order valence-electron chi connectivity index (χ0n) is 13.8. The highest BCUT2D eigenvalue weighted by atomic mass is 15.2. The minimum Gasteiger partial charge on any atom is -0.271 e. The number of hydrazine groups is 1. The van der Waals surface area contributed by atoms with E-state index >= 15 is 0 Å². The molecule has 1 aromatic rings. The van der Waals surface area contributed by atoms with E-state index in [-0.39, 0.29) is 0 Å². The van der Waals surface area contributed by atoms with Crippen LogP contribution < -0.4 is 11.3 Å². The van der Waals surface area contributed by atoms with Crippen molar-refractivity contribution in [3.8, 4) is 0 Å². The summed E-state index contributed by atoms with van der Waals surface area (Å²) in [6, 6.07) is 9.38. The first-order valence-electron chi connectivity index (χ1n) is 8.81. The smallest absolute Gasteiger partial charge is 0.0244 e. The van der Waals surface area contributed by atoms with Gasteiger partial charge in [0, 0.05) is 6.04 Å². The molecule has 0 bridgehead atoms. The fraction of sp³-hybridized carbons (Fsp3) is 0.684. The largest absolute Gasteiger partial charge is 0.271 e. The summed E-state index contributed by atoms with van der Waals surface area (Å²) in [6.45, 7) is 4.60. The van der Waals surface area contributed by atoms with E-state index in [1.807, 2.05) is 0 Å². The second kappa shape index (κ2) is 8.55. The number of rotatable bonds is 8. The Kier molecular flexibility index (Phi) is 6.72. The van der Waals surface area contributed by atoms with Gasteiger partial charge in [-0.05, 0) is 48.6 Å². The zero-order chi connectivity index (χ0) is 15.1. The Hall–Kier alpha value is -0.860. The van der Waals surface area contributed by atoms with Crippen molar-refractivity contribution in [1.29, 1.82) is 0 Å². The van der Waals surface area contributed by atoms with Crippen molar-refractivity contribution < 1.29 is 0 Å². The van der Waals surface area contributed by atoms with Crippen molar-refractivity contribution in [1.82, 2.24) is 5.43 Å². The monoisotopic (exact) mass is 288 g/mol. The van der Waals surface area contributed by atoms with E-state index in [0.717, 1.165) is 5.92 Å². The molecule has 1 aromatic carbocycles. The summed E-state index contributed by atoms with van der Waals surface area (Å²) in [7, 11) is 0. The van der Waals surface area contributed by atoms with Gasteiger partial charge in [0.2, 0.25) is 0 Å². The first kappa shape index (κ1) is 16.5. The summed E-state index contributed by atoms with van der Waals surface area (Å²) in [5.74, 6) is 7.42. The fourth-order valence-electron chi connectivity index (χ4n) is 3.81. The number of nitrogens with two attached hydrogens (primary N) is 1. The van der Waals surface area contributed by atoms with Gasteiger partial charge in [0.05, 0.1) is 0 Å². The molecule has 2 nitrogen and oxygen atoms in total. The van der Waals surface area contributed by atoms with E-state index in [2.05, 4.69) is 43.5 Å². The molecule has 0 heterocycles. The first-order chi connectivity index (χ1) is 10.3. The quantitative estimate of drug-likeness (QED) is 0.555. The number of hydrogen-bond donors (Lipinski definition) is 2. The van der Waals surface area contributed by atoms with Gasteiger partial charge in [-0.3, -0.25) is 11.3 Å². The molecular weight excluding hydrogens is 256 g/mol. The maximum atomic E-state index is 5.91. The molecule has 0 amide bonds. The van der Waals surface area contributed by atoms with Crippen molar-refractivity contribution in [2.24, 2.45) is 17.7 Å². The maximum absolute atomic E-state index is 5.91. The molecule has 0 aliphatic heterocycles. The van der Waals surface area contributed by atoms with E-state index in [4.69, 9.17) is 5.84 Å². The van der Waals surface area contributed by atoms with E-state index in [9.17, 15) is 0 Å². The number of unbranched alkanes of at least 4 members (excludes halogenated alkanes) is 1. The third kappa shape index (κ3) is 4.55. The predicted molar refractivity (Wildman–Crippen MR) is 91.0 cm³/mol. The third-order valence-electron chi connectivity index (χ3n) is 5.30. The van der Waals surface area contributed by atoms with Crippen molar-refractivity contribution in [2.75, 3.05) is 0 Å². The Bertz CT molecular complexity index is 416. The van der Waals surface area contributed by atoms with Crippen LogP contribution in [0.15, 0.2) is 24.3 Å². The number of benzene rings is 1. The lowest BCUT2D eigenvalue weighted by Crippen LogP contribution is -2.44. The predicted octanol–water partition coefficient (Wildman–Crippen LogP) is 4.23. The highest BCUT2D eigenvalue weighted by molar-refractivity contribution is 5.30. The summed E-state index contributed by atoms with van der Waals surface area (Å²) in [5, 5.41) is 0. The van der Waals surface area contributed by atoms with Crippen molar-refractivity contribution in [3.63, 3.8) is 0 Å². The minimum absolute atomic E-state index is 0.472. The molecule has 2 rings (SSSR count). The lowest BCUT2D eigenvalue weighted by molar-refractivity contribution is 0.258. The van der Waals surface area contributed by atoms with E-state index in [0.29, 0.717) is 12.0 Å². The molecule has 21 heavy (non-hydrogen) atoms. The molecule has 0 spiro atoms. The van der Waals surface area contributed by atoms with E-state index in [1.54, 1.807) is 5.56 Å². The number of aryl methyl sites for hydroxylation is 1. The topological polar surface area (TPSA) is 38.0 Å². The van der Waals surface area contributed by atoms with Crippen LogP contribution in [0.1, 0.15) is 63.5 Å². The molecule has 118 valence electrons. The highest BCUT2D eigenvalue weighted by Crippen LogP contribution is 2.31. The van der Waals surface area contributed by atoms with Crippen LogP contribution in [0.5, 0.6) is 0 Å². The molecule has 0 saturated carbocycles. The van der Waals surface area contributed by atoms with Crippen LogP contribution >= 0.6 is 0 Å². The molecule has 1 aliphatic rings. The molecule has 0 radical (unpaired) electrons. The van der Waals surface area contributed by atoms with Gasteiger partial charge in [-0.25, -0.2) is 0 Å². The minimum atomic E-state index is 0.472. The van der Waals surface area contributed by atoms with Crippen LogP contribution in [0, 0.1) is 11.8 Å². The van der Waals surface area contributed by atoms with Crippen LogP contribution in [-0.4, -0.2) is 6.04 Å².